The van der Waals surface area contributed by atoms with Crippen LogP contribution in [0.1, 0.15) is 18.9 Å². The molecule has 0 atom stereocenters. The number of benzene rings is 1. The van der Waals surface area contributed by atoms with Gasteiger partial charge in [0.1, 0.15) is 6.54 Å². The molecule has 1 aromatic carbocycles. The van der Waals surface area contributed by atoms with E-state index in [1.165, 1.54) is 11.0 Å². The van der Waals surface area contributed by atoms with Crippen molar-refractivity contribution in [2.75, 3.05) is 13.1 Å². The highest BCUT2D eigenvalue weighted by molar-refractivity contribution is 6.35. The minimum absolute atomic E-state index is 0.314. The number of nitrogens with zero attached hydrogens (tertiary/aromatic N) is 1. The Morgan fingerprint density at radius 1 is 1.35 bits per heavy atom. The normalized spacial score (nSPS) is 10.8. The van der Waals surface area contributed by atoms with Crippen LogP contribution in [0.4, 0.5) is 0 Å². The van der Waals surface area contributed by atoms with Gasteiger partial charge in [0.2, 0.25) is 5.91 Å². The molecule has 6 heteroatoms. The van der Waals surface area contributed by atoms with E-state index in [9.17, 15) is 9.59 Å². The molecule has 0 aliphatic carbocycles. The molecule has 0 unspecified atom stereocenters. The average molecular weight is 316 g/mol. The summed E-state index contributed by atoms with van der Waals surface area (Å²) in [6.07, 6.45) is 3.55. The van der Waals surface area contributed by atoms with Crippen molar-refractivity contribution in [3.05, 3.63) is 39.9 Å². The Labute approximate surface area is 127 Å². The number of carboxylic acids is 1. The highest BCUT2D eigenvalue weighted by Crippen LogP contribution is 2.22. The first-order valence-corrected chi connectivity index (χ1v) is 6.83. The van der Waals surface area contributed by atoms with Gasteiger partial charge in [0.25, 0.3) is 0 Å². The lowest BCUT2D eigenvalue weighted by atomic mass is 10.2. The molecule has 0 saturated carbocycles. The van der Waals surface area contributed by atoms with Crippen LogP contribution >= 0.6 is 23.2 Å². The quantitative estimate of drug-likeness (QED) is 0.819. The fourth-order valence-electron chi connectivity index (χ4n) is 1.60. The third kappa shape index (κ3) is 5.23. The molecular formula is C14H15Cl2NO3. The van der Waals surface area contributed by atoms with Gasteiger partial charge in [0.15, 0.2) is 0 Å². The van der Waals surface area contributed by atoms with Crippen LogP contribution in [-0.4, -0.2) is 35.0 Å². The molecule has 20 heavy (non-hydrogen) atoms. The van der Waals surface area contributed by atoms with Crippen molar-refractivity contribution in [3.63, 3.8) is 0 Å². The second-order valence-electron chi connectivity index (χ2n) is 4.15. The maximum Gasteiger partial charge on any atom is 0.323 e. The summed E-state index contributed by atoms with van der Waals surface area (Å²) in [6.45, 7) is 1.96. The fourth-order valence-corrected chi connectivity index (χ4v) is 2.07. The van der Waals surface area contributed by atoms with E-state index in [2.05, 4.69) is 0 Å². The van der Waals surface area contributed by atoms with Crippen LogP contribution in [-0.2, 0) is 9.59 Å². The van der Waals surface area contributed by atoms with Crippen LogP contribution in [0.15, 0.2) is 24.3 Å². The van der Waals surface area contributed by atoms with Gasteiger partial charge in [0, 0.05) is 22.7 Å². The number of hydrogen-bond acceptors (Lipinski definition) is 2. The third-order valence-corrected chi connectivity index (χ3v) is 3.06. The summed E-state index contributed by atoms with van der Waals surface area (Å²) in [7, 11) is 0. The topological polar surface area (TPSA) is 57.6 Å². The highest BCUT2D eigenvalue weighted by Gasteiger charge is 2.13. The van der Waals surface area contributed by atoms with Gasteiger partial charge < -0.3 is 10.0 Å². The summed E-state index contributed by atoms with van der Waals surface area (Å²) in [6, 6.07) is 4.93. The molecule has 0 bridgehead atoms. The first-order chi connectivity index (χ1) is 9.43. The zero-order chi connectivity index (χ0) is 15.1. The van der Waals surface area contributed by atoms with Gasteiger partial charge in [-0.2, -0.15) is 0 Å². The lowest BCUT2D eigenvalue weighted by Gasteiger charge is -2.17. The first-order valence-electron chi connectivity index (χ1n) is 6.08. The SMILES string of the molecule is CCCN(CC(=O)O)C(=O)/C=C/c1ccc(Cl)cc1Cl. The van der Waals surface area contributed by atoms with E-state index in [1.807, 2.05) is 6.92 Å². The van der Waals surface area contributed by atoms with Crippen molar-refractivity contribution in [3.8, 4) is 0 Å². The summed E-state index contributed by atoms with van der Waals surface area (Å²) in [5.74, 6) is -1.40. The van der Waals surface area contributed by atoms with Gasteiger partial charge in [-0.1, -0.05) is 36.2 Å². The fraction of sp³-hybridized carbons (Fsp3) is 0.286. The minimum atomic E-state index is -1.04. The Hall–Kier alpha value is -1.52. The second-order valence-corrected chi connectivity index (χ2v) is 5.00. The van der Waals surface area contributed by atoms with Gasteiger partial charge in [-0.05, 0) is 30.2 Å². The Balaban J connectivity index is 2.80. The summed E-state index contributed by atoms with van der Waals surface area (Å²) in [4.78, 5) is 23.9. The monoisotopic (exact) mass is 315 g/mol. The number of rotatable bonds is 6. The van der Waals surface area contributed by atoms with E-state index in [0.717, 1.165) is 0 Å². The summed E-state index contributed by atoms with van der Waals surface area (Å²) >= 11 is 11.8. The van der Waals surface area contributed by atoms with Crippen molar-refractivity contribution in [2.24, 2.45) is 0 Å². The largest absolute Gasteiger partial charge is 0.480 e. The predicted octanol–water partition coefficient (Wildman–Crippen LogP) is 3.33. The molecule has 0 aromatic heterocycles. The van der Waals surface area contributed by atoms with E-state index in [0.29, 0.717) is 28.6 Å². The van der Waals surface area contributed by atoms with E-state index < -0.39 is 5.97 Å². The molecule has 1 rings (SSSR count). The zero-order valence-corrected chi connectivity index (χ0v) is 12.5. The zero-order valence-electron chi connectivity index (χ0n) is 11.0. The molecule has 1 amide bonds. The molecule has 0 heterocycles. The van der Waals surface area contributed by atoms with Crippen LogP contribution in [0.5, 0.6) is 0 Å². The third-order valence-electron chi connectivity index (χ3n) is 2.50. The van der Waals surface area contributed by atoms with Gasteiger partial charge in [-0.3, -0.25) is 9.59 Å². The van der Waals surface area contributed by atoms with Gasteiger partial charge in [-0.15, -0.1) is 0 Å². The average Bonchev–Trinajstić information content (AvgIpc) is 2.36. The van der Waals surface area contributed by atoms with Crippen LogP contribution in [0.2, 0.25) is 10.0 Å². The van der Waals surface area contributed by atoms with Crippen LogP contribution in [0.25, 0.3) is 6.08 Å². The molecule has 0 aliphatic rings. The molecule has 0 saturated heterocycles. The van der Waals surface area contributed by atoms with E-state index >= 15 is 0 Å². The number of hydrogen-bond donors (Lipinski definition) is 1. The first kappa shape index (κ1) is 16.5. The lowest BCUT2D eigenvalue weighted by molar-refractivity contribution is -0.142. The lowest BCUT2D eigenvalue weighted by Crippen LogP contribution is -2.35. The van der Waals surface area contributed by atoms with E-state index in [1.54, 1.807) is 24.3 Å². The molecule has 0 spiro atoms. The number of carbonyl (C=O) groups is 2. The smallest absolute Gasteiger partial charge is 0.323 e. The molecule has 0 fully saturated rings. The van der Waals surface area contributed by atoms with Crippen LogP contribution in [0, 0.1) is 0 Å². The van der Waals surface area contributed by atoms with Crippen LogP contribution in [0.3, 0.4) is 0 Å². The summed E-state index contributed by atoms with van der Waals surface area (Å²) in [5.41, 5.74) is 0.649. The van der Waals surface area contributed by atoms with Gasteiger partial charge >= 0.3 is 5.97 Å². The number of aliphatic carboxylic acids is 1. The molecule has 0 radical (unpaired) electrons. The summed E-state index contributed by atoms with van der Waals surface area (Å²) in [5, 5.41) is 9.71. The number of halogens is 2. The molecular weight excluding hydrogens is 301 g/mol. The standard InChI is InChI=1S/C14H15Cl2NO3/c1-2-7-17(9-14(19)20)13(18)6-4-10-3-5-11(15)8-12(10)16/h3-6,8H,2,7,9H2,1H3,(H,19,20)/b6-4+. The Morgan fingerprint density at radius 3 is 2.60 bits per heavy atom. The van der Waals surface area contributed by atoms with Crippen LogP contribution < -0.4 is 0 Å². The molecule has 4 nitrogen and oxygen atoms in total. The summed E-state index contributed by atoms with van der Waals surface area (Å²) < 4.78 is 0. The Bertz CT molecular complexity index is 529. The Kier molecular flexibility index (Phi) is 6.55. The predicted molar refractivity (Wildman–Crippen MR) is 80.0 cm³/mol. The Morgan fingerprint density at radius 2 is 2.05 bits per heavy atom. The number of carbonyl (C=O) groups excluding carboxylic acids is 1. The van der Waals surface area contributed by atoms with Crippen molar-refractivity contribution < 1.29 is 14.7 Å². The second kappa shape index (κ2) is 7.92. The highest BCUT2D eigenvalue weighted by atomic mass is 35.5. The van der Waals surface area contributed by atoms with E-state index in [4.69, 9.17) is 28.3 Å². The molecule has 1 N–H and O–H groups in total. The molecule has 108 valence electrons. The van der Waals surface area contributed by atoms with Crippen molar-refractivity contribution in [1.82, 2.24) is 4.90 Å². The van der Waals surface area contributed by atoms with Crippen molar-refractivity contribution in [2.45, 2.75) is 13.3 Å². The van der Waals surface area contributed by atoms with Crippen molar-refractivity contribution >= 4 is 41.2 Å². The molecule has 1 aromatic rings. The van der Waals surface area contributed by atoms with Gasteiger partial charge in [0.05, 0.1) is 0 Å². The van der Waals surface area contributed by atoms with Crippen molar-refractivity contribution in [1.29, 1.82) is 0 Å². The van der Waals surface area contributed by atoms with Gasteiger partial charge in [-0.25, -0.2) is 0 Å². The molecule has 0 aliphatic heterocycles. The maximum absolute atomic E-state index is 11.9. The maximum atomic E-state index is 11.9. The number of carboxylic acid groups (broad SMARTS) is 1. The number of amides is 1. The van der Waals surface area contributed by atoms with E-state index in [-0.39, 0.29) is 12.5 Å². The minimum Gasteiger partial charge on any atom is -0.480 e.